The van der Waals surface area contributed by atoms with Crippen molar-refractivity contribution in [2.24, 2.45) is 0 Å². The predicted octanol–water partition coefficient (Wildman–Crippen LogP) is 6.65. The molecule has 0 fully saturated rings. The monoisotopic (exact) mass is 554 g/mol. The number of hydrogen-bond acceptors (Lipinski definition) is 6. The van der Waals surface area contributed by atoms with E-state index < -0.39 is 23.0 Å². The number of fused-ring (bicyclic) bond motifs is 1. The number of Topliss-reactive ketones (excluding diaryl/α,β-unsaturated/α-hetero) is 1. The number of alkyl halides is 1. The Bertz CT molecular complexity index is 1540. The van der Waals surface area contributed by atoms with E-state index in [1.807, 2.05) is 122 Å². The summed E-state index contributed by atoms with van der Waals surface area (Å²) in [4.78, 5) is 22.4. The van der Waals surface area contributed by atoms with E-state index in [-0.39, 0.29) is 13.2 Å². The number of benzene rings is 2. The van der Waals surface area contributed by atoms with Crippen LogP contribution in [-0.4, -0.2) is 39.7 Å². The van der Waals surface area contributed by atoms with Crippen molar-refractivity contribution in [3.05, 3.63) is 121 Å². The summed E-state index contributed by atoms with van der Waals surface area (Å²) in [5.41, 5.74) is 3.62. The summed E-state index contributed by atoms with van der Waals surface area (Å²) >= 11 is 7.67. The topological polar surface area (TPSA) is 77.8 Å². The van der Waals surface area contributed by atoms with Gasteiger partial charge in [-0.1, -0.05) is 72.8 Å². The van der Waals surface area contributed by atoms with Crippen molar-refractivity contribution in [1.82, 2.24) is 14.4 Å². The molecule has 3 heterocycles. The summed E-state index contributed by atoms with van der Waals surface area (Å²) < 4.78 is 13.6. The van der Waals surface area contributed by atoms with Gasteiger partial charge in [0.05, 0.1) is 11.4 Å². The first-order valence-electron chi connectivity index (χ1n) is 13.3. The number of pyridine rings is 2. The highest BCUT2D eigenvalue weighted by Crippen LogP contribution is 2.47. The van der Waals surface area contributed by atoms with Crippen LogP contribution >= 0.6 is 11.6 Å². The Morgan fingerprint density at radius 3 is 2.20 bits per heavy atom. The smallest absolute Gasteiger partial charge is 0.220 e. The number of rotatable bonds is 12. The number of nitrogens with one attached hydrogen (secondary N) is 1. The van der Waals surface area contributed by atoms with E-state index in [4.69, 9.17) is 26.1 Å². The zero-order valence-corrected chi connectivity index (χ0v) is 23.2. The number of carbonyl (C=O) groups is 1. The Balaban J connectivity index is 1.81. The lowest BCUT2D eigenvalue weighted by Gasteiger charge is -2.37. The molecule has 2 aromatic carbocycles. The molecule has 0 aliphatic rings. The minimum absolute atomic E-state index is 0.278. The summed E-state index contributed by atoms with van der Waals surface area (Å²) in [7, 11) is 0. The zero-order valence-electron chi connectivity index (χ0n) is 22.4. The second-order valence-electron chi connectivity index (χ2n) is 9.12. The van der Waals surface area contributed by atoms with Crippen LogP contribution < -0.4 is 5.32 Å². The van der Waals surface area contributed by atoms with Crippen molar-refractivity contribution in [2.45, 2.75) is 31.1 Å². The van der Waals surface area contributed by atoms with Crippen molar-refractivity contribution in [3.8, 4) is 11.3 Å². The van der Waals surface area contributed by atoms with Gasteiger partial charge in [-0.3, -0.25) is 9.20 Å². The Labute approximate surface area is 238 Å². The lowest BCUT2D eigenvalue weighted by Crippen LogP contribution is -2.47. The molecule has 5 aromatic rings. The molecule has 8 heteroatoms. The predicted molar refractivity (Wildman–Crippen MR) is 157 cm³/mol. The van der Waals surface area contributed by atoms with E-state index in [0.717, 1.165) is 16.9 Å². The highest BCUT2D eigenvalue weighted by molar-refractivity contribution is 6.36. The maximum absolute atomic E-state index is 14.5. The molecule has 0 bridgehead atoms. The molecule has 0 amide bonds. The van der Waals surface area contributed by atoms with Gasteiger partial charge in [-0.05, 0) is 43.7 Å². The number of aromatic nitrogens is 3. The van der Waals surface area contributed by atoms with Crippen LogP contribution in [0.4, 0.5) is 5.82 Å². The Hall–Kier alpha value is -4.04. The second kappa shape index (κ2) is 12.4. The average Bonchev–Trinajstić information content (AvgIpc) is 3.39. The van der Waals surface area contributed by atoms with Crippen LogP contribution in [0.5, 0.6) is 0 Å². The molecule has 5 rings (SSSR count). The molecule has 0 spiro atoms. The number of imidazole rings is 1. The van der Waals surface area contributed by atoms with Crippen LogP contribution in [0.25, 0.3) is 16.9 Å². The summed E-state index contributed by atoms with van der Waals surface area (Å²) in [5, 5.41) is 3.47. The fraction of sp³-hybridized carbons (Fsp3) is 0.219. The van der Waals surface area contributed by atoms with E-state index in [1.54, 1.807) is 6.20 Å². The van der Waals surface area contributed by atoms with E-state index in [2.05, 4.69) is 10.3 Å². The minimum atomic E-state index is -1.70. The number of ketones is 1. The molecule has 1 N–H and O–H groups in total. The lowest BCUT2D eigenvalue weighted by molar-refractivity contribution is -0.171. The van der Waals surface area contributed by atoms with Gasteiger partial charge in [0, 0.05) is 31.2 Å². The molecule has 204 valence electrons. The molecule has 0 saturated heterocycles. The molecule has 0 saturated carbocycles. The van der Waals surface area contributed by atoms with Gasteiger partial charge in [0.1, 0.15) is 17.5 Å². The highest BCUT2D eigenvalue weighted by atomic mass is 35.5. The van der Waals surface area contributed by atoms with Gasteiger partial charge in [0.15, 0.2) is 4.87 Å². The van der Waals surface area contributed by atoms with Crippen LogP contribution in [0, 0.1) is 0 Å². The third kappa shape index (κ3) is 5.36. The van der Waals surface area contributed by atoms with Gasteiger partial charge < -0.3 is 14.8 Å². The SMILES string of the molecule is CCOC(OCC)C(=O)C(Cl)(c1ccccc1)C(Nc1ccccn1)c1nc2ccccn2c1-c1ccccc1. The standard InChI is InChI=1S/C32H31ClN4O3/c1-3-39-31(40-4-2)30(38)32(33,24-17-9-6-10-18-24)29(35-25-19-11-13-21-34-25)27-28(23-15-7-5-8-16-23)37-22-14-12-20-26(37)36-27/h5-22,29,31H,3-4H2,1-2H3,(H,34,35). The summed E-state index contributed by atoms with van der Waals surface area (Å²) in [6.45, 7) is 4.19. The van der Waals surface area contributed by atoms with E-state index in [1.165, 1.54) is 0 Å². The van der Waals surface area contributed by atoms with Crippen molar-refractivity contribution in [2.75, 3.05) is 18.5 Å². The van der Waals surface area contributed by atoms with Crippen molar-refractivity contribution >= 4 is 28.8 Å². The molecule has 3 aromatic heterocycles. The lowest BCUT2D eigenvalue weighted by atomic mass is 9.83. The van der Waals surface area contributed by atoms with Crippen molar-refractivity contribution < 1.29 is 14.3 Å². The van der Waals surface area contributed by atoms with E-state index in [0.29, 0.717) is 17.1 Å². The molecule has 2 unspecified atom stereocenters. The third-order valence-electron chi connectivity index (χ3n) is 6.64. The first kappa shape index (κ1) is 27.5. The molecule has 0 aliphatic carbocycles. The normalized spacial score (nSPS) is 13.7. The average molecular weight is 555 g/mol. The number of halogens is 1. The molecule has 2 atom stereocenters. The molecule has 40 heavy (non-hydrogen) atoms. The summed E-state index contributed by atoms with van der Waals surface area (Å²) in [6, 6.07) is 29.7. The number of anilines is 1. The van der Waals surface area contributed by atoms with E-state index >= 15 is 0 Å². The van der Waals surface area contributed by atoms with Gasteiger partial charge in [-0.2, -0.15) is 0 Å². The quantitative estimate of drug-likeness (QED) is 0.137. The Kier molecular flexibility index (Phi) is 8.55. The van der Waals surface area contributed by atoms with E-state index in [9.17, 15) is 4.79 Å². The van der Waals surface area contributed by atoms with Crippen molar-refractivity contribution in [1.29, 1.82) is 0 Å². The first-order valence-corrected chi connectivity index (χ1v) is 13.7. The fourth-order valence-electron chi connectivity index (χ4n) is 4.86. The third-order valence-corrected chi connectivity index (χ3v) is 7.26. The van der Waals surface area contributed by atoms with Crippen LogP contribution in [0.1, 0.15) is 31.1 Å². The van der Waals surface area contributed by atoms with Crippen LogP contribution in [0.2, 0.25) is 0 Å². The van der Waals surface area contributed by atoms with Gasteiger partial charge in [-0.15, -0.1) is 11.6 Å². The molecular weight excluding hydrogens is 524 g/mol. The van der Waals surface area contributed by atoms with Gasteiger partial charge >= 0.3 is 0 Å². The fourth-order valence-corrected chi connectivity index (χ4v) is 5.23. The summed E-state index contributed by atoms with van der Waals surface area (Å²) in [5.74, 6) is 0.107. The zero-order chi connectivity index (χ0) is 28.0. The molecule has 0 aliphatic heterocycles. The molecule has 0 radical (unpaired) electrons. The van der Waals surface area contributed by atoms with Crippen molar-refractivity contribution in [3.63, 3.8) is 0 Å². The van der Waals surface area contributed by atoms with Gasteiger partial charge in [0.25, 0.3) is 0 Å². The second-order valence-corrected chi connectivity index (χ2v) is 9.71. The van der Waals surface area contributed by atoms with Crippen LogP contribution in [-0.2, 0) is 19.1 Å². The number of nitrogens with zero attached hydrogens (tertiary/aromatic N) is 3. The minimum Gasteiger partial charge on any atom is -0.359 e. The van der Waals surface area contributed by atoms with Gasteiger partial charge in [-0.25, -0.2) is 9.97 Å². The Morgan fingerprint density at radius 1 is 0.900 bits per heavy atom. The van der Waals surface area contributed by atoms with Gasteiger partial charge in [0.2, 0.25) is 12.1 Å². The maximum atomic E-state index is 14.5. The maximum Gasteiger partial charge on any atom is 0.220 e. The first-order chi connectivity index (χ1) is 19.6. The Morgan fingerprint density at radius 2 is 1.55 bits per heavy atom. The molecular formula is C32H31ClN4O3. The van der Waals surface area contributed by atoms with Crippen LogP contribution in [0.15, 0.2) is 109 Å². The largest absolute Gasteiger partial charge is 0.359 e. The number of carbonyl (C=O) groups excluding carboxylic acids is 1. The van der Waals surface area contributed by atoms with Crippen LogP contribution in [0.3, 0.4) is 0 Å². The molecule has 7 nitrogen and oxygen atoms in total. The highest BCUT2D eigenvalue weighted by Gasteiger charge is 2.52. The number of ether oxygens (including phenoxy) is 2. The number of hydrogen-bond donors (Lipinski definition) is 1. The summed E-state index contributed by atoms with van der Waals surface area (Å²) in [6.07, 6.45) is 2.46.